The Bertz CT molecular complexity index is 1100. The summed E-state index contributed by atoms with van der Waals surface area (Å²) in [4.78, 5) is 0. The first kappa shape index (κ1) is 168. The Balaban J connectivity index is -0.00000000913. The van der Waals surface area contributed by atoms with Crippen LogP contribution in [0.25, 0.3) is 0 Å². The first-order chi connectivity index (χ1) is 16.0. The number of hydrogen-bond donors (Lipinski definition) is 32. The first-order valence-electron chi connectivity index (χ1n) is 5.59. The Hall–Kier alpha value is -1.68. The molecule has 0 amide bonds. The molecule has 0 saturated heterocycles. The second kappa shape index (κ2) is 68.0. The van der Waals surface area contributed by atoms with E-state index in [1.165, 1.54) is 0 Å². The zero-order valence-corrected chi connectivity index (χ0v) is 34.8. The third-order valence-corrected chi connectivity index (χ3v) is 0. The molecule has 0 aromatic carbocycles. The molecule has 0 spiro atoms. The van der Waals surface area contributed by atoms with Crippen LogP contribution in [0.1, 0.15) is 0 Å². The van der Waals surface area contributed by atoms with Gasteiger partial charge in [0.15, 0.2) is 0 Å². The van der Waals surface area contributed by atoms with Gasteiger partial charge >= 0.3 is 83.2 Å². The van der Waals surface area contributed by atoms with Crippen LogP contribution in [0.5, 0.6) is 0 Å². The van der Waals surface area contributed by atoms with E-state index in [-0.39, 0.29) is 98.4 Å². The van der Waals surface area contributed by atoms with Crippen molar-refractivity contribution < 1.29 is 140 Å². The van der Waals surface area contributed by atoms with Gasteiger partial charge in [-0.25, -0.2) is 0 Å². The summed E-state index contributed by atoms with van der Waals surface area (Å²) in [6, 6.07) is 0. The Morgan fingerprint density at radius 2 is 0.125 bits per heavy atom. The van der Waals surface area contributed by atoms with Gasteiger partial charge in [-0.1, -0.05) is 0 Å². The maximum atomic E-state index is 8.74. The lowest BCUT2D eigenvalue weighted by Crippen LogP contribution is -1.89. The van der Waals surface area contributed by atoms with Crippen LogP contribution in [0.2, 0.25) is 0 Å². The molecule has 0 aromatic rings. The van der Waals surface area contributed by atoms with Crippen molar-refractivity contribution >= 4 is 83.2 Å². The van der Waals surface area contributed by atoms with Crippen molar-refractivity contribution in [2.24, 2.45) is 0 Å². The predicted octanol–water partition coefficient (Wildman–Crippen LogP) is -2.63. The van der Waals surface area contributed by atoms with Gasteiger partial charge in [0.2, 0.25) is 0 Å². The minimum atomic E-state index is -4.67. The summed E-state index contributed by atoms with van der Waals surface area (Å²) in [5, 5.41) is 0. The van der Waals surface area contributed by atoms with Crippen LogP contribution in [0.15, 0.2) is 0 Å². The van der Waals surface area contributed by atoms with Crippen molar-refractivity contribution in [1.29, 1.82) is 0 Å². The van der Waals surface area contributed by atoms with Gasteiger partial charge in [-0.2, -0.15) is 67.3 Å². The fourth-order valence-corrected chi connectivity index (χ4v) is 0. The van der Waals surface area contributed by atoms with E-state index in [0.29, 0.717) is 0 Å². The summed E-state index contributed by atoms with van der Waals surface area (Å²) in [7, 11) is -37.3. The Kier molecular flexibility index (Phi) is 204. The summed E-state index contributed by atoms with van der Waals surface area (Å²) in [5.41, 5.74) is 0. The monoisotopic (exact) mass is 1060 g/mol. The van der Waals surface area contributed by atoms with E-state index in [1.807, 2.05) is 0 Å². The van der Waals surface area contributed by atoms with Crippen molar-refractivity contribution in [3.05, 3.63) is 0 Å². The van der Waals surface area contributed by atoms with Crippen LogP contribution in [0, 0.1) is 0 Å². The van der Waals surface area contributed by atoms with Crippen molar-refractivity contribution in [3.63, 3.8) is 0 Å². The molecule has 384 valence electrons. The summed E-state index contributed by atoms with van der Waals surface area (Å²) in [5.74, 6) is 0. The second-order valence-corrected chi connectivity index (χ2v) is 10.7. The number of hydrogen-bond acceptors (Lipinski definition) is 32. The molecule has 0 fully saturated rings. The summed E-state index contributed by atoms with van der Waals surface area (Å²) in [6.07, 6.45) is 0. The molecule has 0 aliphatic heterocycles. The Morgan fingerprint density at radius 3 is 0.125 bits per heavy atom. The molecule has 48 nitrogen and oxygen atoms in total. The minimum absolute atomic E-state index is 0. The van der Waals surface area contributed by atoms with Crippen LogP contribution < -0.4 is 98.4 Å². The largest absolute Gasteiger partial charge is 0.394 e. The third-order valence-electron chi connectivity index (χ3n) is 0. The smallest absolute Gasteiger partial charge is 0.344 e. The fourth-order valence-electron chi connectivity index (χ4n) is 0. The lowest BCUT2D eigenvalue weighted by Gasteiger charge is -1.68. The van der Waals surface area contributed by atoms with E-state index in [4.69, 9.17) is 140 Å². The van der Waals surface area contributed by atoms with Crippen LogP contribution in [0.4, 0.5) is 0 Å². The van der Waals surface area contributed by atoms with Crippen molar-refractivity contribution in [1.82, 2.24) is 98.4 Å². The summed E-state index contributed by atoms with van der Waals surface area (Å²) < 4.78 is 253. The summed E-state index contributed by atoms with van der Waals surface area (Å²) in [6.45, 7) is 0. The van der Waals surface area contributed by atoms with Gasteiger partial charge in [-0.3, -0.25) is 72.8 Å². The van der Waals surface area contributed by atoms with E-state index in [0.717, 1.165) is 0 Å². The SMILES string of the molecule is N.N.N.N.N.N.N.N.N.N.N.N.N.N.N.N.O=S(=O)(O)O.O=S(=O)(O)O.O=S(=O)(O)O.O=S(=O)(O)O.O=S(=O)(O)O.O=S(=O)(O)O.O=S(=O)(O)O.O=S(=O)(O)O. The molecule has 0 saturated carbocycles. The molecule has 64 N–H and O–H groups in total. The Morgan fingerprint density at radius 1 is 0.125 bits per heavy atom. The molecule has 0 bridgehead atoms. The molecule has 0 radical (unpaired) electrons. The van der Waals surface area contributed by atoms with Gasteiger partial charge in [-0.05, 0) is 0 Å². The normalized spacial score (nSPS) is 8.29. The van der Waals surface area contributed by atoms with Gasteiger partial charge in [0, 0.05) is 0 Å². The second-order valence-electron chi connectivity index (χ2n) is 3.58. The van der Waals surface area contributed by atoms with E-state index in [1.54, 1.807) is 0 Å². The van der Waals surface area contributed by atoms with Crippen LogP contribution in [0.3, 0.4) is 0 Å². The maximum Gasteiger partial charge on any atom is 0.394 e. The predicted molar refractivity (Wildman–Crippen MR) is 194 cm³/mol. The van der Waals surface area contributed by atoms with Gasteiger partial charge in [-0.15, -0.1) is 0 Å². The van der Waals surface area contributed by atoms with Crippen LogP contribution >= 0.6 is 0 Å². The molecule has 0 aliphatic carbocycles. The molecule has 0 aliphatic rings. The first-order valence-corrected chi connectivity index (χ1v) is 16.8. The van der Waals surface area contributed by atoms with Crippen LogP contribution in [-0.2, 0) is 83.2 Å². The van der Waals surface area contributed by atoms with Crippen molar-refractivity contribution in [3.8, 4) is 0 Å². The van der Waals surface area contributed by atoms with Gasteiger partial charge < -0.3 is 98.4 Å². The average molecular weight is 1060 g/mol. The van der Waals surface area contributed by atoms with Gasteiger partial charge in [0.05, 0.1) is 0 Å². The van der Waals surface area contributed by atoms with E-state index >= 15 is 0 Å². The quantitative estimate of drug-likeness (QED) is 0.110. The Labute approximate surface area is 321 Å². The topological polar surface area (TPSA) is 1160 Å². The van der Waals surface area contributed by atoms with Gasteiger partial charge in [0.1, 0.15) is 0 Å². The zero-order chi connectivity index (χ0) is 36.0. The van der Waals surface area contributed by atoms with Crippen LogP contribution in [-0.4, -0.2) is 140 Å². The number of rotatable bonds is 0. The van der Waals surface area contributed by atoms with Crippen molar-refractivity contribution in [2.75, 3.05) is 0 Å². The molecule has 0 unspecified atom stereocenters. The molecule has 56 heteroatoms. The lowest BCUT2D eigenvalue weighted by atomic mass is 14.0. The highest BCUT2D eigenvalue weighted by Gasteiger charge is 1.87. The van der Waals surface area contributed by atoms with Crippen molar-refractivity contribution in [2.45, 2.75) is 0 Å². The third kappa shape index (κ3) is 48800. The fraction of sp³-hybridized carbons (Fsp3) is 0. The maximum absolute atomic E-state index is 8.74. The zero-order valence-electron chi connectivity index (χ0n) is 28.3. The van der Waals surface area contributed by atoms with E-state index in [2.05, 4.69) is 0 Å². The molecular weight excluding hydrogens is 993 g/mol. The lowest BCUT2D eigenvalue weighted by molar-refractivity contribution is 0.378. The van der Waals surface area contributed by atoms with E-state index in [9.17, 15) is 0 Å². The molecule has 0 heterocycles. The molecule has 0 aromatic heterocycles. The molecule has 56 heavy (non-hydrogen) atoms. The van der Waals surface area contributed by atoms with E-state index < -0.39 is 83.2 Å². The highest BCUT2D eigenvalue weighted by atomic mass is 32.3. The highest BCUT2D eigenvalue weighted by molar-refractivity contribution is 7.81. The summed E-state index contributed by atoms with van der Waals surface area (Å²) >= 11 is 0. The highest BCUT2D eigenvalue weighted by Crippen LogP contribution is 1.62. The average Bonchev–Trinajstić information content (AvgIpc) is 2.16. The molecule has 0 atom stereocenters. The molecule has 0 rings (SSSR count). The minimum Gasteiger partial charge on any atom is -0.344 e. The molecular formula is H64N16O32S8. The standard InChI is InChI=1S/16H3N.8H2O4S/c;;;;;;;;;;;;;;;;8*1-5(2,3)4/h16*1H3;8*(H2,1,2,3,4). The van der Waals surface area contributed by atoms with Gasteiger partial charge in [0.25, 0.3) is 0 Å².